The molecule has 2 aromatic rings. The molecule has 1 amide bonds. The van der Waals surface area contributed by atoms with Gasteiger partial charge in [0.15, 0.2) is 0 Å². The molecule has 0 aliphatic carbocycles. The van der Waals surface area contributed by atoms with Crippen LogP contribution in [-0.4, -0.2) is 23.9 Å². The van der Waals surface area contributed by atoms with Crippen molar-refractivity contribution >= 4 is 17.6 Å². The Morgan fingerprint density at radius 2 is 1.71 bits per heavy atom. The second-order valence-electron chi connectivity index (χ2n) is 6.81. The first-order valence-corrected chi connectivity index (χ1v) is 9.04. The Kier molecular flexibility index (Phi) is 6.87. The third-order valence-electron chi connectivity index (χ3n) is 4.51. The normalized spacial score (nSPS) is 11.8. The lowest BCUT2D eigenvalue weighted by Crippen LogP contribution is -2.32. The van der Waals surface area contributed by atoms with Crippen LogP contribution in [0.15, 0.2) is 42.5 Å². The fourth-order valence-corrected chi connectivity index (χ4v) is 2.90. The van der Waals surface area contributed by atoms with Gasteiger partial charge in [-0.25, -0.2) is 4.79 Å². The van der Waals surface area contributed by atoms with Crippen molar-refractivity contribution < 1.29 is 19.2 Å². The first-order chi connectivity index (χ1) is 13.3. The van der Waals surface area contributed by atoms with Crippen LogP contribution in [0.2, 0.25) is 0 Å². The van der Waals surface area contributed by atoms with Crippen LogP contribution in [0, 0.1) is 16.0 Å². The summed E-state index contributed by atoms with van der Waals surface area (Å²) in [5, 5.41) is 14.1. The summed E-state index contributed by atoms with van der Waals surface area (Å²) in [6, 6.07) is 11.2. The Hall–Kier alpha value is -3.22. The molecule has 1 atom stereocenters. The van der Waals surface area contributed by atoms with Crippen molar-refractivity contribution in [2.45, 2.75) is 33.2 Å². The van der Waals surface area contributed by atoms with E-state index in [1.807, 2.05) is 38.1 Å². The van der Waals surface area contributed by atoms with E-state index in [-0.39, 0.29) is 28.8 Å². The maximum atomic E-state index is 12.8. The lowest BCUT2D eigenvalue weighted by Gasteiger charge is -2.23. The number of nitro benzene ring substituents is 1. The number of rotatable bonds is 7. The summed E-state index contributed by atoms with van der Waals surface area (Å²) in [6.45, 7) is 6.02. The predicted octanol–water partition coefficient (Wildman–Crippen LogP) is 4.07. The van der Waals surface area contributed by atoms with Crippen LogP contribution in [0.3, 0.4) is 0 Å². The van der Waals surface area contributed by atoms with Crippen molar-refractivity contribution in [1.29, 1.82) is 0 Å². The Morgan fingerprint density at radius 1 is 1.11 bits per heavy atom. The van der Waals surface area contributed by atoms with Crippen molar-refractivity contribution in [1.82, 2.24) is 5.32 Å². The Morgan fingerprint density at radius 3 is 2.21 bits per heavy atom. The van der Waals surface area contributed by atoms with Gasteiger partial charge in [-0.3, -0.25) is 14.9 Å². The molecule has 0 bridgehead atoms. The minimum absolute atomic E-state index is 0.0328. The number of nitro groups is 1. The van der Waals surface area contributed by atoms with Gasteiger partial charge in [0.05, 0.1) is 23.6 Å². The molecule has 0 aliphatic rings. The average Bonchev–Trinajstić information content (AvgIpc) is 2.70. The molecule has 148 valence electrons. The molecule has 1 N–H and O–H groups in total. The number of aryl methyl sites for hydroxylation is 1. The molecule has 0 heterocycles. The second kappa shape index (κ2) is 9.12. The third kappa shape index (κ3) is 4.94. The highest BCUT2D eigenvalue weighted by Gasteiger charge is 2.22. The lowest BCUT2D eigenvalue weighted by atomic mass is 9.94. The van der Waals surface area contributed by atoms with E-state index in [1.165, 1.54) is 18.7 Å². The number of benzene rings is 2. The molecule has 7 heteroatoms. The van der Waals surface area contributed by atoms with Crippen LogP contribution >= 0.6 is 0 Å². The van der Waals surface area contributed by atoms with E-state index < -0.39 is 16.8 Å². The number of hydrogen-bond acceptors (Lipinski definition) is 5. The number of hydrogen-bond donors (Lipinski definition) is 1. The molecule has 7 nitrogen and oxygen atoms in total. The zero-order valence-electron chi connectivity index (χ0n) is 16.4. The molecule has 0 fully saturated rings. The molecule has 0 saturated carbocycles. The predicted molar refractivity (Wildman–Crippen MR) is 105 cm³/mol. The van der Waals surface area contributed by atoms with Crippen molar-refractivity contribution in [3.63, 3.8) is 0 Å². The van der Waals surface area contributed by atoms with Gasteiger partial charge in [-0.2, -0.15) is 0 Å². The average molecular weight is 384 g/mol. The van der Waals surface area contributed by atoms with Gasteiger partial charge < -0.3 is 10.1 Å². The number of methoxy groups -OCH3 is 1. The molecule has 0 spiro atoms. The van der Waals surface area contributed by atoms with Crippen molar-refractivity contribution in [2.24, 2.45) is 5.92 Å². The summed E-state index contributed by atoms with van der Waals surface area (Å²) in [4.78, 5) is 35.1. The van der Waals surface area contributed by atoms with Crippen LogP contribution in [0.1, 0.15) is 58.7 Å². The van der Waals surface area contributed by atoms with E-state index in [4.69, 9.17) is 0 Å². The van der Waals surface area contributed by atoms with Crippen LogP contribution < -0.4 is 5.32 Å². The van der Waals surface area contributed by atoms with Crippen LogP contribution in [0.4, 0.5) is 5.69 Å². The Balaban J connectivity index is 2.35. The van der Waals surface area contributed by atoms with E-state index in [9.17, 15) is 19.7 Å². The van der Waals surface area contributed by atoms with E-state index in [0.717, 1.165) is 24.1 Å². The summed E-state index contributed by atoms with van der Waals surface area (Å²) in [7, 11) is 1.18. The largest absolute Gasteiger partial charge is 0.465 e. The minimum Gasteiger partial charge on any atom is -0.465 e. The maximum Gasteiger partial charge on any atom is 0.338 e. The summed E-state index contributed by atoms with van der Waals surface area (Å²) in [5.41, 5.74) is 1.78. The number of ether oxygens (including phenoxy) is 1. The van der Waals surface area contributed by atoms with Crippen LogP contribution in [0.5, 0.6) is 0 Å². The Labute approximate surface area is 163 Å². The molecule has 2 aromatic carbocycles. The van der Waals surface area contributed by atoms with Gasteiger partial charge in [-0.05, 0) is 29.5 Å². The van der Waals surface area contributed by atoms with Gasteiger partial charge in [0.25, 0.3) is 11.6 Å². The fourth-order valence-electron chi connectivity index (χ4n) is 2.90. The van der Waals surface area contributed by atoms with Crippen LogP contribution in [0.25, 0.3) is 0 Å². The molecule has 28 heavy (non-hydrogen) atoms. The molecular weight excluding hydrogens is 360 g/mol. The molecule has 0 aromatic heterocycles. The first kappa shape index (κ1) is 21.1. The molecule has 0 aliphatic heterocycles. The van der Waals surface area contributed by atoms with Gasteiger partial charge in [-0.1, -0.05) is 45.0 Å². The topological polar surface area (TPSA) is 98.5 Å². The molecule has 0 radical (unpaired) electrons. The van der Waals surface area contributed by atoms with Gasteiger partial charge in [0.2, 0.25) is 0 Å². The highest BCUT2D eigenvalue weighted by Crippen LogP contribution is 2.24. The number of esters is 1. The summed E-state index contributed by atoms with van der Waals surface area (Å²) >= 11 is 0. The molecule has 1 unspecified atom stereocenters. The third-order valence-corrected chi connectivity index (χ3v) is 4.51. The summed E-state index contributed by atoms with van der Waals surface area (Å²) in [5.74, 6) is -1.14. The van der Waals surface area contributed by atoms with Crippen molar-refractivity contribution in [3.8, 4) is 0 Å². The van der Waals surface area contributed by atoms with Gasteiger partial charge in [0.1, 0.15) is 0 Å². The number of amides is 1. The second-order valence-corrected chi connectivity index (χ2v) is 6.81. The van der Waals surface area contributed by atoms with E-state index in [1.54, 1.807) is 0 Å². The van der Waals surface area contributed by atoms with E-state index >= 15 is 0 Å². The zero-order chi connectivity index (χ0) is 20.8. The number of nitrogens with zero attached hydrogens (tertiary/aromatic N) is 1. The Bertz CT molecular complexity index is 875. The van der Waals surface area contributed by atoms with Gasteiger partial charge in [0, 0.05) is 17.7 Å². The highest BCUT2D eigenvalue weighted by molar-refractivity contribution is 5.99. The molecule has 2 rings (SSSR count). The van der Waals surface area contributed by atoms with Gasteiger partial charge >= 0.3 is 5.97 Å². The molecular formula is C21H24N2O5. The highest BCUT2D eigenvalue weighted by atomic mass is 16.6. The first-order valence-electron chi connectivity index (χ1n) is 9.04. The quantitative estimate of drug-likeness (QED) is 0.441. The van der Waals surface area contributed by atoms with E-state index in [0.29, 0.717) is 0 Å². The lowest BCUT2D eigenvalue weighted by molar-refractivity contribution is -0.384. The minimum atomic E-state index is -0.742. The number of nitrogens with one attached hydrogen (secondary N) is 1. The maximum absolute atomic E-state index is 12.8. The van der Waals surface area contributed by atoms with Crippen molar-refractivity contribution in [2.75, 3.05) is 7.11 Å². The smallest absolute Gasteiger partial charge is 0.338 e. The van der Waals surface area contributed by atoms with Crippen LogP contribution in [-0.2, 0) is 11.2 Å². The monoisotopic (exact) mass is 384 g/mol. The fraction of sp³-hybridized carbons (Fsp3) is 0.333. The standard InChI is InChI=1S/C21H24N2O5/c1-5-14-6-8-15(9-7-14)19(13(2)3)22-20(24)16-10-17(21(25)28-4)12-18(11-16)23(26)27/h6-13,19H,5H2,1-4H3,(H,22,24). The summed E-state index contributed by atoms with van der Waals surface area (Å²) < 4.78 is 4.62. The zero-order valence-corrected chi connectivity index (χ0v) is 16.4. The number of non-ortho nitro benzene ring substituents is 1. The van der Waals surface area contributed by atoms with Crippen molar-refractivity contribution in [3.05, 3.63) is 74.8 Å². The van der Waals surface area contributed by atoms with Gasteiger partial charge in [-0.15, -0.1) is 0 Å². The number of carbonyl (C=O) groups excluding carboxylic acids is 2. The molecule has 0 saturated heterocycles. The number of carbonyl (C=O) groups is 2. The van der Waals surface area contributed by atoms with E-state index in [2.05, 4.69) is 17.0 Å². The SMILES string of the molecule is CCc1ccc(C(NC(=O)c2cc(C(=O)OC)cc([N+](=O)[O-])c2)C(C)C)cc1. The summed E-state index contributed by atoms with van der Waals surface area (Å²) in [6.07, 6.45) is 0.920.